The predicted molar refractivity (Wildman–Crippen MR) is 71.2 cm³/mol. The number of carbonyl (C=O) groups is 2. The first kappa shape index (κ1) is 16.9. The van der Waals surface area contributed by atoms with Crippen molar-refractivity contribution in [1.29, 1.82) is 0 Å². The Bertz CT molecular complexity index is 255. The Hall–Kier alpha value is -1.10. The number of amides is 2. The van der Waals surface area contributed by atoms with Crippen molar-refractivity contribution in [3.05, 3.63) is 0 Å². The van der Waals surface area contributed by atoms with Crippen LogP contribution in [0.3, 0.4) is 0 Å². The molecule has 0 aliphatic rings. The SMILES string of the molecule is COCCN(CCC(=O)NCCC(C)C)C(C)=O. The summed E-state index contributed by atoms with van der Waals surface area (Å²) in [4.78, 5) is 24.5. The van der Waals surface area contributed by atoms with Gasteiger partial charge in [-0.25, -0.2) is 0 Å². The molecule has 5 nitrogen and oxygen atoms in total. The number of methoxy groups -OCH3 is 1. The van der Waals surface area contributed by atoms with Gasteiger partial charge in [-0.15, -0.1) is 0 Å². The zero-order chi connectivity index (χ0) is 14.0. The standard InChI is InChI=1S/C13H26N2O3/c1-11(2)5-7-14-13(17)6-8-15(12(3)16)9-10-18-4/h11H,5-10H2,1-4H3,(H,14,17). The minimum absolute atomic E-state index is 0.000633. The molecule has 2 amide bonds. The fourth-order valence-corrected chi connectivity index (χ4v) is 1.45. The van der Waals surface area contributed by atoms with Crippen molar-refractivity contribution in [2.24, 2.45) is 5.92 Å². The Kier molecular flexibility index (Phi) is 9.28. The normalized spacial score (nSPS) is 10.5. The zero-order valence-corrected chi connectivity index (χ0v) is 12.0. The molecule has 0 aliphatic carbocycles. The van der Waals surface area contributed by atoms with Gasteiger partial charge in [-0.1, -0.05) is 13.8 Å². The van der Waals surface area contributed by atoms with E-state index in [0.29, 0.717) is 38.6 Å². The molecule has 1 N–H and O–H groups in total. The van der Waals surface area contributed by atoms with Crippen molar-refractivity contribution in [2.45, 2.75) is 33.6 Å². The summed E-state index contributed by atoms with van der Waals surface area (Å²) >= 11 is 0. The summed E-state index contributed by atoms with van der Waals surface area (Å²) in [6.07, 6.45) is 1.33. The minimum Gasteiger partial charge on any atom is -0.383 e. The predicted octanol–water partition coefficient (Wildman–Crippen LogP) is 1.03. The monoisotopic (exact) mass is 258 g/mol. The number of rotatable bonds is 9. The Labute approximate surface area is 110 Å². The Balaban J connectivity index is 3.81. The molecule has 0 rings (SSSR count). The Morgan fingerprint density at radius 3 is 2.44 bits per heavy atom. The summed E-state index contributed by atoms with van der Waals surface area (Å²) in [5.41, 5.74) is 0. The second-order valence-electron chi connectivity index (χ2n) is 4.78. The molecular weight excluding hydrogens is 232 g/mol. The van der Waals surface area contributed by atoms with E-state index in [9.17, 15) is 9.59 Å². The van der Waals surface area contributed by atoms with Gasteiger partial charge in [0, 0.05) is 40.1 Å². The van der Waals surface area contributed by atoms with Crippen molar-refractivity contribution in [3.8, 4) is 0 Å². The lowest BCUT2D eigenvalue weighted by molar-refractivity contribution is -0.130. The molecule has 0 aromatic carbocycles. The molecule has 0 heterocycles. The topological polar surface area (TPSA) is 58.6 Å². The van der Waals surface area contributed by atoms with Gasteiger partial charge in [-0.3, -0.25) is 9.59 Å². The lowest BCUT2D eigenvalue weighted by Crippen LogP contribution is -2.36. The average Bonchev–Trinajstić information content (AvgIpc) is 2.28. The molecule has 0 spiro atoms. The third-order valence-corrected chi connectivity index (χ3v) is 2.66. The number of carbonyl (C=O) groups excluding carboxylic acids is 2. The van der Waals surface area contributed by atoms with Gasteiger partial charge < -0.3 is 15.0 Å². The molecule has 0 saturated carbocycles. The van der Waals surface area contributed by atoms with Gasteiger partial charge in [0.1, 0.15) is 0 Å². The first-order chi connectivity index (χ1) is 8.47. The molecule has 0 bridgehead atoms. The summed E-state index contributed by atoms with van der Waals surface area (Å²) in [5.74, 6) is 0.557. The van der Waals surface area contributed by atoms with E-state index >= 15 is 0 Å². The van der Waals surface area contributed by atoms with Crippen LogP contribution in [-0.4, -0.2) is 50.1 Å². The molecule has 0 radical (unpaired) electrons. The van der Waals surface area contributed by atoms with Crippen LogP contribution in [0.5, 0.6) is 0 Å². The quantitative estimate of drug-likeness (QED) is 0.672. The highest BCUT2D eigenvalue weighted by Crippen LogP contribution is 1.97. The minimum atomic E-state index is -0.0259. The van der Waals surface area contributed by atoms with Crippen LogP contribution in [0.15, 0.2) is 0 Å². The maximum absolute atomic E-state index is 11.5. The van der Waals surface area contributed by atoms with Crippen molar-refractivity contribution in [1.82, 2.24) is 10.2 Å². The Morgan fingerprint density at radius 1 is 1.28 bits per heavy atom. The molecule has 0 saturated heterocycles. The van der Waals surface area contributed by atoms with Gasteiger partial charge in [0.15, 0.2) is 0 Å². The second-order valence-corrected chi connectivity index (χ2v) is 4.78. The van der Waals surface area contributed by atoms with E-state index in [1.807, 2.05) is 0 Å². The maximum atomic E-state index is 11.5. The summed E-state index contributed by atoms with van der Waals surface area (Å²) in [6, 6.07) is 0. The van der Waals surface area contributed by atoms with Gasteiger partial charge in [0.25, 0.3) is 0 Å². The van der Waals surface area contributed by atoms with Crippen LogP contribution in [0.1, 0.15) is 33.6 Å². The molecular formula is C13H26N2O3. The van der Waals surface area contributed by atoms with Crippen LogP contribution < -0.4 is 5.32 Å². The molecule has 5 heteroatoms. The van der Waals surface area contributed by atoms with Gasteiger partial charge in [-0.2, -0.15) is 0 Å². The zero-order valence-electron chi connectivity index (χ0n) is 12.0. The van der Waals surface area contributed by atoms with E-state index in [1.165, 1.54) is 6.92 Å². The van der Waals surface area contributed by atoms with Crippen LogP contribution in [0.25, 0.3) is 0 Å². The summed E-state index contributed by atoms with van der Waals surface area (Å²) in [6.45, 7) is 7.93. The van der Waals surface area contributed by atoms with Crippen molar-refractivity contribution in [3.63, 3.8) is 0 Å². The van der Waals surface area contributed by atoms with Crippen molar-refractivity contribution < 1.29 is 14.3 Å². The largest absolute Gasteiger partial charge is 0.383 e. The first-order valence-corrected chi connectivity index (χ1v) is 6.48. The number of nitrogens with zero attached hydrogens (tertiary/aromatic N) is 1. The van der Waals surface area contributed by atoms with Crippen LogP contribution >= 0.6 is 0 Å². The maximum Gasteiger partial charge on any atom is 0.221 e. The van der Waals surface area contributed by atoms with Gasteiger partial charge in [0.2, 0.25) is 11.8 Å². The van der Waals surface area contributed by atoms with E-state index in [2.05, 4.69) is 19.2 Å². The smallest absolute Gasteiger partial charge is 0.221 e. The number of hydrogen-bond donors (Lipinski definition) is 1. The first-order valence-electron chi connectivity index (χ1n) is 6.48. The van der Waals surface area contributed by atoms with Crippen LogP contribution in [0.4, 0.5) is 0 Å². The molecule has 18 heavy (non-hydrogen) atoms. The fourth-order valence-electron chi connectivity index (χ4n) is 1.45. The molecule has 0 atom stereocenters. The van der Waals surface area contributed by atoms with Crippen LogP contribution in [0.2, 0.25) is 0 Å². The van der Waals surface area contributed by atoms with Gasteiger partial charge in [0.05, 0.1) is 6.61 Å². The highest BCUT2D eigenvalue weighted by atomic mass is 16.5. The van der Waals surface area contributed by atoms with E-state index in [4.69, 9.17) is 4.74 Å². The van der Waals surface area contributed by atoms with Gasteiger partial charge in [-0.05, 0) is 12.3 Å². The van der Waals surface area contributed by atoms with Crippen molar-refractivity contribution >= 4 is 11.8 Å². The highest BCUT2D eigenvalue weighted by Gasteiger charge is 2.10. The lowest BCUT2D eigenvalue weighted by atomic mass is 10.1. The summed E-state index contributed by atoms with van der Waals surface area (Å²) in [5, 5.41) is 2.86. The summed E-state index contributed by atoms with van der Waals surface area (Å²) in [7, 11) is 1.59. The fraction of sp³-hybridized carbons (Fsp3) is 0.846. The van der Waals surface area contributed by atoms with Crippen LogP contribution in [-0.2, 0) is 14.3 Å². The molecule has 106 valence electrons. The van der Waals surface area contributed by atoms with E-state index in [1.54, 1.807) is 12.0 Å². The molecule has 0 aliphatic heterocycles. The molecule has 0 unspecified atom stereocenters. The summed E-state index contributed by atoms with van der Waals surface area (Å²) < 4.78 is 4.93. The lowest BCUT2D eigenvalue weighted by Gasteiger charge is -2.20. The third-order valence-electron chi connectivity index (χ3n) is 2.66. The van der Waals surface area contributed by atoms with E-state index < -0.39 is 0 Å². The second kappa shape index (κ2) is 9.88. The number of nitrogens with one attached hydrogen (secondary N) is 1. The van der Waals surface area contributed by atoms with E-state index in [0.717, 1.165) is 6.42 Å². The number of hydrogen-bond acceptors (Lipinski definition) is 3. The molecule has 0 aromatic rings. The molecule has 0 aromatic heterocycles. The third kappa shape index (κ3) is 8.98. The average molecular weight is 258 g/mol. The van der Waals surface area contributed by atoms with Crippen LogP contribution in [0, 0.1) is 5.92 Å². The number of ether oxygens (including phenoxy) is 1. The molecule has 0 fully saturated rings. The van der Waals surface area contributed by atoms with E-state index in [-0.39, 0.29) is 11.8 Å². The highest BCUT2D eigenvalue weighted by molar-refractivity contribution is 5.77. The van der Waals surface area contributed by atoms with Crippen molar-refractivity contribution in [2.75, 3.05) is 33.4 Å². The Morgan fingerprint density at radius 2 is 1.94 bits per heavy atom. The van der Waals surface area contributed by atoms with Gasteiger partial charge >= 0.3 is 0 Å².